The van der Waals surface area contributed by atoms with E-state index < -0.39 is 0 Å². The van der Waals surface area contributed by atoms with Crippen molar-refractivity contribution in [1.82, 2.24) is 19.9 Å². The molecule has 3 heterocycles. The fraction of sp³-hybridized carbons (Fsp3) is 0.318. The fourth-order valence-electron chi connectivity index (χ4n) is 3.61. The molecule has 28 heavy (non-hydrogen) atoms. The molecule has 0 unspecified atom stereocenters. The number of aryl methyl sites for hydroxylation is 2. The van der Waals surface area contributed by atoms with Crippen molar-refractivity contribution in [3.8, 4) is 0 Å². The van der Waals surface area contributed by atoms with Gasteiger partial charge in [-0.25, -0.2) is 0 Å². The van der Waals surface area contributed by atoms with Crippen LogP contribution in [0.3, 0.4) is 0 Å². The van der Waals surface area contributed by atoms with E-state index in [0.717, 1.165) is 66.2 Å². The van der Waals surface area contributed by atoms with Crippen LogP contribution in [0, 0.1) is 13.8 Å². The van der Waals surface area contributed by atoms with Gasteiger partial charge < -0.3 is 9.42 Å². The Labute approximate surface area is 164 Å². The number of nitrogens with zero attached hydrogens (tertiary/aromatic N) is 4. The van der Waals surface area contributed by atoms with Gasteiger partial charge in [-0.1, -0.05) is 29.4 Å². The number of para-hydroxylation sites is 1. The molecule has 0 bridgehead atoms. The second-order valence-electron chi connectivity index (χ2n) is 7.16. The molecule has 0 atom stereocenters. The Hall–Kier alpha value is -2.99. The molecule has 0 N–H and O–H groups in total. The topological polar surface area (TPSA) is 62.5 Å². The molecule has 1 saturated heterocycles. The Morgan fingerprint density at radius 1 is 1.14 bits per heavy atom. The standard InChI is InChI=1S/C22H24N4O2/c1-16-20(17(2)28-24-16)15-25-11-13-26(14-12-25)21(27)9-8-19-6-3-5-18-7-4-10-23-22(18)19/h3-10H,11-15H2,1-2H3/b9-8-. The number of rotatable bonds is 4. The van der Waals surface area contributed by atoms with E-state index in [0.29, 0.717) is 0 Å². The van der Waals surface area contributed by atoms with E-state index in [-0.39, 0.29) is 5.91 Å². The molecule has 1 fully saturated rings. The van der Waals surface area contributed by atoms with E-state index in [4.69, 9.17) is 4.52 Å². The van der Waals surface area contributed by atoms with E-state index >= 15 is 0 Å². The summed E-state index contributed by atoms with van der Waals surface area (Å²) in [6.45, 7) is 7.88. The summed E-state index contributed by atoms with van der Waals surface area (Å²) in [5.74, 6) is 0.924. The first-order valence-electron chi connectivity index (χ1n) is 9.56. The summed E-state index contributed by atoms with van der Waals surface area (Å²) in [5, 5.41) is 5.09. The first kappa shape index (κ1) is 18.4. The monoisotopic (exact) mass is 376 g/mol. The van der Waals surface area contributed by atoms with Crippen LogP contribution in [0.15, 0.2) is 47.1 Å². The normalized spacial score (nSPS) is 15.6. The first-order chi connectivity index (χ1) is 13.6. The summed E-state index contributed by atoms with van der Waals surface area (Å²) in [4.78, 5) is 21.3. The highest BCUT2D eigenvalue weighted by Gasteiger charge is 2.21. The van der Waals surface area contributed by atoms with E-state index in [9.17, 15) is 4.79 Å². The molecule has 1 aliphatic rings. The Morgan fingerprint density at radius 3 is 2.68 bits per heavy atom. The van der Waals surface area contributed by atoms with Gasteiger partial charge >= 0.3 is 0 Å². The number of carbonyl (C=O) groups is 1. The second kappa shape index (κ2) is 7.94. The molecule has 0 aliphatic carbocycles. The molecule has 0 spiro atoms. The number of benzene rings is 1. The minimum absolute atomic E-state index is 0.0462. The Bertz CT molecular complexity index is 992. The average molecular weight is 376 g/mol. The summed E-state index contributed by atoms with van der Waals surface area (Å²) < 4.78 is 5.25. The highest BCUT2D eigenvalue weighted by atomic mass is 16.5. The lowest BCUT2D eigenvalue weighted by Gasteiger charge is -2.34. The fourth-order valence-corrected chi connectivity index (χ4v) is 3.61. The predicted octanol–water partition coefficient (Wildman–Crippen LogP) is 3.20. The van der Waals surface area contributed by atoms with Crippen LogP contribution in [0.25, 0.3) is 17.0 Å². The minimum Gasteiger partial charge on any atom is -0.361 e. The van der Waals surface area contributed by atoms with Crippen LogP contribution >= 0.6 is 0 Å². The zero-order valence-electron chi connectivity index (χ0n) is 16.3. The number of amides is 1. The molecule has 0 saturated carbocycles. The third-order valence-electron chi connectivity index (χ3n) is 5.32. The van der Waals surface area contributed by atoms with Crippen molar-refractivity contribution in [3.63, 3.8) is 0 Å². The lowest BCUT2D eigenvalue weighted by molar-refractivity contribution is -0.127. The number of carbonyl (C=O) groups excluding carboxylic acids is 1. The SMILES string of the molecule is Cc1noc(C)c1CN1CCN(C(=O)/C=C\c2cccc3cccnc23)CC1. The zero-order valence-corrected chi connectivity index (χ0v) is 16.3. The lowest BCUT2D eigenvalue weighted by atomic mass is 10.1. The molecule has 1 aromatic carbocycles. The van der Waals surface area contributed by atoms with Crippen LogP contribution in [-0.4, -0.2) is 52.0 Å². The molecule has 2 aromatic heterocycles. The van der Waals surface area contributed by atoms with Crippen molar-refractivity contribution >= 4 is 22.9 Å². The number of aromatic nitrogens is 2. The van der Waals surface area contributed by atoms with Gasteiger partial charge in [0.15, 0.2) is 0 Å². The van der Waals surface area contributed by atoms with E-state index in [1.807, 2.05) is 55.2 Å². The Morgan fingerprint density at radius 2 is 1.93 bits per heavy atom. The van der Waals surface area contributed by atoms with Gasteiger partial charge in [0.2, 0.25) is 5.91 Å². The molecule has 144 valence electrons. The quantitative estimate of drug-likeness (QED) is 0.655. The van der Waals surface area contributed by atoms with Gasteiger partial charge in [-0.15, -0.1) is 0 Å². The van der Waals surface area contributed by atoms with Crippen molar-refractivity contribution in [1.29, 1.82) is 0 Å². The summed E-state index contributed by atoms with van der Waals surface area (Å²) >= 11 is 0. The lowest BCUT2D eigenvalue weighted by Crippen LogP contribution is -2.47. The molecule has 0 radical (unpaired) electrons. The van der Waals surface area contributed by atoms with Crippen molar-refractivity contribution in [2.75, 3.05) is 26.2 Å². The van der Waals surface area contributed by atoms with Gasteiger partial charge in [-0.2, -0.15) is 0 Å². The maximum Gasteiger partial charge on any atom is 0.246 e. The van der Waals surface area contributed by atoms with E-state index in [1.165, 1.54) is 0 Å². The summed E-state index contributed by atoms with van der Waals surface area (Å²) in [6, 6.07) is 9.95. The minimum atomic E-state index is 0.0462. The summed E-state index contributed by atoms with van der Waals surface area (Å²) in [5.41, 5.74) is 3.98. The van der Waals surface area contributed by atoms with Crippen LogP contribution in [0.2, 0.25) is 0 Å². The highest BCUT2D eigenvalue weighted by Crippen LogP contribution is 2.18. The Kier molecular flexibility index (Phi) is 5.21. The summed E-state index contributed by atoms with van der Waals surface area (Å²) in [7, 11) is 0. The largest absolute Gasteiger partial charge is 0.361 e. The maximum atomic E-state index is 12.6. The zero-order chi connectivity index (χ0) is 19.5. The van der Waals surface area contributed by atoms with Gasteiger partial charge in [0, 0.05) is 61.5 Å². The molecule has 1 amide bonds. The number of pyridine rings is 1. The van der Waals surface area contributed by atoms with Crippen LogP contribution in [0.4, 0.5) is 0 Å². The second-order valence-corrected chi connectivity index (χ2v) is 7.16. The van der Waals surface area contributed by atoms with Crippen LogP contribution in [0.5, 0.6) is 0 Å². The van der Waals surface area contributed by atoms with Crippen molar-refractivity contribution in [2.24, 2.45) is 0 Å². The smallest absolute Gasteiger partial charge is 0.246 e. The highest BCUT2D eigenvalue weighted by molar-refractivity contribution is 5.95. The van der Waals surface area contributed by atoms with Crippen LogP contribution in [-0.2, 0) is 11.3 Å². The summed E-state index contributed by atoms with van der Waals surface area (Å²) in [6.07, 6.45) is 5.31. The van der Waals surface area contributed by atoms with Gasteiger partial charge in [-0.05, 0) is 26.0 Å². The Balaban J connectivity index is 1.37. The maximum absolute atomic E-state index is 12.6. The molecular formula is C22H24N4O2. The van der Waals surface area contributed by atoms with Gasteiger partial charge in [0.1, 0.15) is 5.76 Å². The molecular weight excluding hydrogens is 352 g/mol. The number of fused-ring (bicyclic) bond motifs is 1. The van der Waals surface area contributed by atoms with Crippen LogP contribution < -0.4 is 0 Å². The predicted molar refractivity (Wildman–Crippen MR) is 109 cm³/mol. The number of hydrogen-bond acceptors (Lipinski definition) is 5. The third kappa shape index (κ3) is 3.82. The van der Waals surface area contributed by atoms with Crippen LogP contribution in [0.1, 0.15) is 22.6 Å². The number of piperazine rings is 1. The van der Waals surface area contributed by atoms with Gasteiger partial charge in [0.25, 0.3) is 0 Å². The van der Waals surface area contributed by atoms with Gasteiger partial charge in [-0.3, -0.25) is 14.7 Å². The molecule has 3 aromatic rings. The van der Waals surface area contributed by atoms with E-state index in [1.54, 1.807) is 12.3 Å². The van der Waals surface area contributed by atoms with Crippen molar-refractivity contribution in [2.45, 2.75) is 20.4 Å². The van der Waals surface area contributed by atoms with Crippen molar-refractivity contribution < 1.29 is 9.32 Å². The molecule has 1 aliphatic heterocycles. The molecule has 6 nitrogen and oxygen atoms in total. The average Bonchev–Trinajstić information content (AvgIpc) is 3.04. The molecule has 6 heteroatoms. The van der Waals surface area contributed by atoms with Gasteiger partial charge in [0.05, 0.1) is 11.2 Å². The first-order valence-corrected chi connectivity index (χ1v) is 9.56. The molecule has 4 rings (SSSR count). The third-order valence-corrected chi connectivity index (χ3v) is 5.32. The van der Waals surface area contributed by atoms with Crippen molar-refractivity contribution in [3.05, 3.63) is 65.2 Å². The van der Waals surface area contributed by atoms with E-state index in [2.05, 4.69) is 15.0 Å². The number of hydrogen-bond donors (Lipinski definition) is 0.